The summed E-state index contributed by atoms with van der Waals surface area (Å²) < 4.78 is 11.5. The SMILES string of the molecule is CC[C@@H](C)CN(CC(=O)N1CCc2sccc2[C@@H]1COc1ccc(C(C)C)cc1)C(=O)c1ccco1. The van der Waals surface area contributed by atoms with Crippen LogP contribution in [-0.2, 0) is 11.2 Å². The lowest BCUT2D eigenvalue weighted by atomic mass is 10.00. The zero-order valence-corrected chi connectivity index (χ0v) is 22.4. The molecule has 1 aromatic carbocycles. The number of fused-ring (bicyclic) bond motifs is 1. The van der Waals surface area contributed by atoms with Crippen molar-refractivity contribution in [1.82, 2.24) is 9.80 Å². The van der Waals surface area contributed by atoms with E-state index in [0.717, 1.165) is 24.2 Å². The van der Waals surface area contributed by atoms with Crippen LogP contribution in [0.4, 0.5) is 0 Å². The minimum absolute atomic E-state index is 0.0168. The number of benzene rings is 1. The van der Waals surface area contributed by atoms with E-state index in [0.29, 0.717) is 25.6 Å². The molecule has 0 fully saturated rings. The first kappa shape index (κ1) is 26.0. The first-order valence-corrected chi connectivity index (χ1v) is 13.7. The Kier molecular flexibility index (Phi) is 8.52. The van der Waals surface area contributed by atoms with E-state index in [1.807, 2.05) is 17.0 Å². The Morgan fingerprint density at radius 2 is 1.94 bits per heavy atom. The van der Waals surface area contributed by atoms with Gasteiger partial charge in [-0.05, 0) is 65.1 Å². The van der Waals surface area contributed by atoms with Crippen molar-refractivity contribution < 1.29 is 18.7 Å². The van der Waals surface area contributed by atoms with Crippen molar-refractivity contribution in [3.05, 3.63) is 75.9 Å². The molecule has 7 heteroatoms. The topological polar surface area (TPSA) is 63.0 Å². The van der Waals surface area contributed by atoms with Crippen LogP contribution in [0, 0.1) is 5.92 Å². The molecule has 2 amide bonds. The van der Waals surface area contributed by atoms with Crippen LogP contribution in [-0.4, -0.2) is 47.9 Å². The van der Waals surface area contributed by atoms with Crippen molar-refractivity contribution in [3.8, 4) is 5.75 Å². The summed E-state index contributed by atoms with van der Waals surface area (Å²) in [4.78, 5) is 31.6. The predicted octanol–water partition coefficient (Wildman–Crippen LogP) is 6.16. The normalized spacial score (nSPS) is 16.0. The fourth-order valence-corrected chi connectivity index (χ4v) is 5.46. The van der Waals surface area contributed by atoms with Gasteiger partial charge in [-0.15, -0.1) is 11.3 Å². The molecule has 0 saturated carbocycles. The molecule has 0 saturated heterocycles. The predicted molar refractivity (Wildman–Crippen MR) is 143 cm³/mol. The lowest BCUT2D eigenvalue weighted by molar-refractivity contribution is -0.135. The zero-order valence-electron chi connectivity index (χ0n) is 21.6. The van der Waals surface area contributed by atoms with Crippen LogP contribution in [0.5, 0.6) is 5.75 Å². The summed E-state index contributed by atoms with van der Waals surface area (Å²) in [6.45, 7) is 10.0. The van der Waals surface area contributed by atoms with E-state index >= 15 is 0 Å². The maximum Gasteiger partial charge on any atom is 0.290 e. The van der Waals surface area contributed by atoms with Gasteiger partial charge in [-0.3, -0.25) is 9.59 Å². The number of carbonyl (C=O) groups is 2. The average Bonchev–Trinajstić information content (AvgIpc) is 3.59. The number of furan rings is 1. The Morgan fingerprint density at radius 1 is 1.17 bits per heavy atom. The van der Waals surface area contributed by atoms with E-state index in [-0.39, 0.29) is 36.1 Å². The second-order valence-corrected chi connectivity index (χ2v) is 10.9. The van der Waals surface area contributed by atoms with Crippen LogP contribution in [0.25, 0.3) is 0 Å². The van der Waals surface area contributed by atoms with E-state index in [4.69, 9.17) is 9.15 Å². The minimum atomic E-state index is -0.250. The van der Waals surface area contributed by atoms with E-state index in [9.17, 15) is 9.59 Å². The Hall–Kier alpha value is -3.06. The smallest absolute Gasteiger partial charge is 0.290 e. The highest BCUT2D eigenvalue weighted by molar-refractivity contribution is 7.10. The molecule has 192 valence electrons. The highest BCUT2D eigenvalue weighted by Crippen LogP contribution is 2.34. The zero-order chi connectivity index (χ0) is 25.7. The van der Waals surface area contributed by atoms with Gasteiger partial charge in [0.15, 0.2) is 5.76 Å². The van der Waals surface area contributed by atoms with Gasteiger partial charge in [-0.25, -0.2) is 0 Å². The summed E-state index contributed by atoms with van der Waals surface area (Å²) in [5, 5.41) is 2.08. The first-order chi connectivity index (χ1) is 17.4. The summed E-state index contributed by atoms with van der Waals surface area (Å²) in [5.41, 5.74) is 2.41. The molecule has 0 bridgehead atoms. The van der Waals surface area contributed by atoms with Gasteiger partial charge in [-0.2, -0.15) is 0 Å². The number of nitrogens with zero attached hydrogens (tertiary/aromatic N) is 2. The molecule has 0 radical (unpaired) electrons. The number of amides is 2. The van der Waals surface area contributed by atoms with Gasteiger partial charge in [0.2, 0.25) is 5.91 Å². The molecule has 3 heterocycles. The van der Waals surface area contributed by atoms with Gasteiger partial charge >= 0.3 is 0 Å². The molecule has 6 nitrogen and oxygen atoms in total. The molecule has 2 atom stereocenters. The van der Waals surface area contributed by atoms with E-state index in [1.54, 1.807) is 28.4 Å². The van der Waals surface area contributed by atoms with Gasteiger partial charge < -0.3 is 19.0 Å². The third-order valence-electron chi connectivity index (χ3n) is 6.94. The van der Waals surface area contributed by atoms with Gasteiger partial charge in [0, 0.05) is 18.0 Å². The molecule has 0 N–H and O–H groups in total. The summed E-state index contributed by atoms with van der Waals surface area (Å²) in [6.07, 6.45) is 3.22. The maximum absolute atomic E-state index is 13.7. The van der Waals surface area contributed by atoms with Crippen molar-refractivity contribution in [2.45, 2.75) is 52.5 Å². The van der Waals surface area contributed by atoms with Crippen LogP contribution < -0.4 is 4.74 Å². The molecule has 1 aliphatic rings. The number of rotatable bonds is 10. The van der Waals surface area contributed by atoms with Crippen LogP contribution in [0.1, 0.15) is 72.6 Å². The van der Waals surface area contributed by atoms with Crippen LogP contribution in [0.2, 0.25) is 0 Å². The quantitative estimate of drug-likeness (QED) is 0.329. The molecule has 36 heavy (non-hydrogen) atoms. The van der Waals surface area contributed by atoms with Gasteiger partial charge in [0.25, 0.3) is 5.91 Å². The Morgan fingerprint density at radius 3 is 2.61 bits per heavy atom. The second kappa shape index (κ2) is 11.8. The fourth-order valence-electron chi connectivity index (χ4n) is 4.53. The number of hydrogen-bond donors (Lipinski definition) is 0. The van der Waals surface area contributed by atoms with Crippen molar-refractivity contribution in [2.24, 2.45) is 5.92 Å². The molecule has 3 aromatic rings. The van der Waals surface area contributed by atoms with Crippen LogP contribution in [0.15, 0.2) is 58.5 Å². The highest BCUT2D eigenvalue weighted by Gasteiger charge is 2.34. The largest absolute Gasteiger partial charge is 0.491 e. The van der Waals surface area contributed by atoms with E-state index < -0.39 is 0 Å². The Labute approximate surface area is 217 Å². The molecule has 1 aliphatic heterocycles. The van der Waals surface area contributed by atoms with Crippen molar-refractivity contribution >= 4 is 23.2 Å². The third-order valence-corrected chi connectivity index (χ3v) is 7.94. The number of thiophene rings is 1. The van der Waals surface area contributed by atoms with Gasteiger partial charge in [0.1, 0.15) is 18.9 Å². The maximum atomic E-state index is 13.7. The molecule has 2 aromatic heterocycles. The standard InChI is InChI=1S/C29H36N2O4S/c1-5-21(4)17-30(29(33)26-7-6-15-34-26)18-28(32)31-14-12-27-24(13-16-36-27)25(31)19-35-23-10-8-22(9-11-23)20(2)3/h6-11,13,15-16,20-21,25H,5,12,14,17-19H2,1-4H3/t21-,25+/m1/s1. The van der Waals surface area contributed by atoms with Crippen molar-refractivity contribution in [3.63, 3.8) is 0 Å². The molecule has 0 spiro atoms. The van der Waals surface area contributed by atoms with Crippen molar-refractivity contribution in [2.75, 3.05) is 26.2 Å². The number of carbonyl (C=O) groups excluding carboxylic acids is 2. The van der Waals surface area contributed by atoms with Crippen LogP contribution in [0.3, 0.4) is 0 Å². The molecular formula is C29H36N2O4S. The summed E-state index contributed by atoms with van der Waals surface area (Å²) in [7, 11) is 0. The third kappa shape index (κ3) is 6.01. The van der Waals surface area contributed by atoms with E-state index in [2.05, 4.69) is 51.3 Å². The van der Waals surface area contributed by atoms with Gasteiger partial charge in [0.05, 0.1) is 12.3 Å². The summed E-state index contributed by atoms with van der Waals surface area (Å²) in [5.74, 6) is 1.46. The molecular weight excluding hydrogens is 472 g/mol. The lowest BCUT2D eigenvalue weighted by Gasteiger charge is -2.37. The van der Waals surface area contributed by atoms with Gasteiger partial charge in [-0.1, -0.05) is 46.2 Å². The lowest BCUT2D eigenvalue weighted by Crippen LogP contribution is -2.48. The highest BCUT2D eigenvalue weighted by atomic mass is 32.1. The fraction of sp³-hybridized carbons (Fsp3) is 0.448. The minimum Gasteiger partial charge on any atom is -0.491 e. The Bertz CT molecular complexity index is 1140. The second-order valence-electron chi connectivity index (χ2n) is 9.86. The molecule has 0 aliphatic carbocycles. The Balaban J connectivity index is 1.51. The molecule has 4 rings (SSSR count). The number of ether oxygens (including phenoxy) is 1. The summed E-state index contributed by atoms with van der Waals surface area (Å²) in [6, 6.07) is 13.4. The first-order valence-electron chi connectivity index (χ1n) is 12.8. The molecule has 0 unspecified atom stereocenters. The average molecular weight is 509 g/mol. The summed E-state index contributed by atoms with van der Waals surface area (Å²) >= 11 is 1.73. The monoisotopic (exact) mass is 508 g/mol. The van der Waals surface area contributed by atoms with Crippen LogP contribution >= 0.6 is 11.3 Å². The van der Waals surface area contributed by atoms with E-state index in [1.165, 1.54) is 16.7 Å². The number of hydrogen-bond acceptors (Lipinski definition) is 5. The van der Waals surface area contributed by atoms with Crippen molar-refractivity contribution in [1.29, 1.82) is 0 Å².